The van der Waals surface area contributed by atoms with Crippen molar-refractivity contribution in [3.63, 3.8) is 0 Å². The number of hydrogen-bond donors (Lipinski definition) is 5. The Bertz CT molecular complexity index is 864. The van der Waals surface area contributed by atoms with Crippen LogP contribution in [0.5, 0.6) is 0 Å². The molecule has 0 aliphatic rings. The van der Waals surface area contributed by atoms with Crippen molar-refractivity contribution >= 4 is 35.3 Å². The van der Waals surface area contributed by atoms with E-state index >= 15 is 0 Å². The van der Waals surface area contributed by atoms with Crippen molar-refractivity contribution in [2.24, 2.45) is 11.7 Å². The van der Waals surface area contributed by atoms with Gasteiger partial charge in [0.2, 0.25) is 11.8 Å². The lowest BCUT2D eigenvalue weighted by molar-refractivity contribution is -0.142. The Morgan fingerprint density at radius 2 is 1.13 bits per heavy atom. The Balaban J connectivity index is 3.95. The quantitative estimate of drug-likeness (QED) is 0.0594. The molecule has 6 N–H and O–H groups in total. The SMILES string of the molecule is CC(=O)CCCC(=O)[C@@H](CCN)CCCCNC(=O)CC[C@H](NC(=O)CCCCCCCCCCCCCCC(=O)O)C(=O)O. The number of carbonyl (C=O) groups excluding carboxylic acids is 4. The van der Waals surface area contributed by atoms with Gasteiger partial charge in [0.15, 0.2) is 0 Å². The van der Waals surface area contributed by atoms with E-state index in [4.69, 9.17) is 10.8 Å². The van der Waals surface area contributed by atoms with Crippen molar-refractivity contribution in [1.29, 1.82) is 0 Å². The maximum absolute atomic E-state index is 12.4. The Morgan fingerprint density at radius 3 is 1.64 bits per heavy atom. The van der Waals surface area contributed by atoms with Crippen LogP contribution in [-0.4, -0.2) is 64.7 Å². The summed E-state index contributed by atoms with van der Waals surface area (Å²) in [6.45, 7) is 2.36. The molecule has 0 radical (unpaired) electrons. The molecule has 0 aromatic rings. The zero-order valence-electron chi connectivity index (χ0n) is 27.8. The van der Waals surface area contributed by atoms with Crippen molar-refractivity contribution in [3.8, 4) is 0 Å². The number of carboxylic acid groups (broad SMARTS) is 2. The van der Waals surface area contributed by atoms with Gasteiger partial charge in [-0.3, -0.25) is 19.2 Å². The summed E-state index contributed by atoms with van der Waals surface area (Å²) in [4.78, 5) is 70.1. The predicted molar refractivity (Wildman–Crippen MR) is 175 cm³/mol. The molecule has 2 atom stereocenters. The number of carbonyl (C=O) groups is 6. The average Bonchev–Trinajstić information content (AvgIpc) is 2.98. The third-order valence-electron chi connectivity index (χ3n) is 8.06. The largest absolute Gasteiger partial charge is 0.481 e. The molecule has 0 unspecified atom stereocenters. The first-order chi connectivity index (χ1) is 21.6. The number of nitrogens with two attached hydrogens (primary N) is 1. The van der Waals surface area contributed by atoms with Gasteiger partial charge >= 0.3 is 11.9 Å². The predicted octanol–water partition coefficient (Wildman–Crippen LogP) is 5.46. The number of unbranched alkanes of at least 4 members (excludes halogenated alkanes) is 12. The Labute approximate surface area is 270 Å². The summed E-state index contributed by atoms with van der Waals surface area (Å²) in [6.07, 6.45) is 17.1. The van der Waals surface area contributed by atoms with E-state index < -0.39 is 18.0 Å². The molecule has 0 aliphatic carbocycles. The van der Waals surface area contributed by atoms with Crippen molar-refractivity contribution < 1.29 is 39.0 Å². The van der Waals surface area contributed by atoms with Gasteiger partial charge in [-0.2, -0.15) is 0 Å². The third-order valence-corrected chi connectivity index (χ3v) is 8.06. The minimum absolute atomic E-state index is 0.00754. The lowest BCUT2D eigenvalue weighted by atomic mass is 9.91. The fraction of sp³-hybridized carbons (Fsp3) is 0.824. The highest BCUT2D eigenvalue weighted by molar-refractivity contribution is 5.84. The summed E-state index contributed by atoms with van der Waals surface area (Å²) in [7, 11) is 0. The van der Waals surface area contributed by atoms with Crippen molar-refractivity contribution in [2.75, 3.05) is 13.1 Å². The molecule has 260 valence electrons. The first-order valence-electron chi connectivity index (χ1n) is 17.3. The third kappa shape index (κ3) is 27.2. The molecule has 0 saturated heterocycles. The first kappa shape index (κ1) is 42.2. The van der Waals surface area contributed by atoms with Crippen LogP contribution in [0.3, 0.4) is 0 Å². The molecule has 0 saturated carbocycles. The molecular weight excluding hydrogens is 578 g/mol. The van der Waals surface area contributed by atoms with Crippen molar-refractivity contribution in [2.45, 2.75) is 161 Å². The van der Waals surface area contributed by atoms with Crippen LogP contribution in [0.1, 0.15) is 155 Å². The number of carboxylic acids is 2. The van der Waals surface area contributed by atoms with Gasteiger partial charge in [0, 0.05) is 44.6 Å². The number of hydrogen-bond acceptors (Lipinski definition) is 7. The molecule has 45 heavy (non-hydrogen) atoms. The lowest BCUT2D eigenvalue weighted by Crippen LogP contribution is -2.41. The van der Waals surface area contributed by atoms with Gasteiger partial charge in [0.05, 0.1) is 0 Å². The van der Waals surface area contributed by atoms with Gasteiger partial charge in [0.1, 0.15) is 17.6 Å². The van der Waals surface area contributed by atoms with Gasteiger partial charge in [-0.25, -0.2) is 4.79 Å². The summed E-state index contributed by atoms with van der Waals surface area (Å²) in [5.74, 6) is -2.38. The second-order valence-corrected chi connectivity index (χ2v) is 12.3. The number of amides is 2. The van der Waals surface area contributed by atoms with Gasteiger partial charge in [-0.1, -0.05) is 70.6 Å². The Morgan fingerprint density at radius 1 is 0.578 bits per heavy atom. The summed E-state index contributed by atoms with van der Waals surface area (Å²) < 4.78 is 0. The number of nitrogens with one attached hydrogen (secondary N) is 2. The summed E-state index contributed by atoms with van der Waals surface area (Å²) in [6, 6.07) is -1.11. The Hall–Kier alpha value is -2.82. The van der Waals surface area contributed by atoms with E-state index in [0.29, 0.717) is 58.0 Å². The van der Waals surface area contributed by atoms with Gasteiger partial charge in [-0.05, 0) is 58.4 Å². The smallest absolute Gasteiger partial charge is 0.326 e. The zero-order chi connectivity index (χ0) is 33.7. The van der Waals surface area contributed by atoms with Gasteiger partial charge in [-0.15, -0.1) is 0 Å². The standard InChI is InChI=1S/C34H61N3O8/c1-27(38)17-16-19-30(39)28(24-25-35)18-14-15-26-36-31(40)23-22-29(34(44)45)37-32(41)20-12-10-8-6-4-2-3-5-7-9-11-13-21-33(42)43/h28-29H,2-26,35H2,1H3,(H,36,40)(H,37,41)(H,42,43)(H,44,45)/t28-,29+/m1/s1. The van der Waals surface area contributed by atoms with Crippen LogP contribution in [0.25, 0.3) is 0 Å². The molecule has 0 aromatic carbocycles. The van der Waals surface area contributed by atoms with Crippen LogP contribution < -0.4 is 16.4 Å². The van der Waals surface area contributed by atoms with Gasteiger partial charge in [0.25, 0.3) is 0 Å². The minimum Gasteiger partial charge on any atom is -0.481 e. The number of rotatable bonds is 32. The second-order valence-electron chi connectivity index (χ2n) is 12.3. The molecule has 0 aromatic heterocycles. The highest BCUT2D eigenvalue weighted by Gasteiger charge is 2.21. The summed E-state index contributed by atoms with van der Waals surface area (Å²) in [5, 5.41) is 23.4. The van der Waals surface area contributed by atoms with Crippen LogP contribution in [-0.2, 0) is 28.8 Å². The molecule has 0 rings (SSSR count). The van der Waals surface area contributed by atoms with Crippen LogP contribution in [0.15, 0.2) is 0 Å². The molecular formula is C34H61N3O8. The fourth-order valence-corrected chi connectivity index (χ4v) is 5.34. The highest BCUT2D eigenvalue weighted by atomic mass is 16.4. The average molecular weight is 640 g/mol. The molecule has 11 heteroatoms. The molecule has 0 heterocycles. The highest BCUT2D eigenvalue weighted by Crippen LogP contribution is 2.17. The number of ketones is 2. The Kier molecular flexibility index (Phi) is 26.8. The molecule has 2 amide bonds. The molecule has 0 fully saturated rings. The summed E-state index contributed by atoms with van der Waals surface area (Å²) >= 11 is 0. The monoisotopic (exact) mass is 639 g/mol. The second kappa shape index (κ2) is 28.6. The van der Waals surface area contributed by atoms with E-state index in [-0.39, 0.29) is 55.0 Å². The molecule has 11 nitrogen and oxygen atoms in total. The topological polar surface area (TPSA) is 193 Å². The van der Waals surface area contributed by atoms with Crippen LogP contribution in [0.4, 0.5) is 0 Å². The summed E-state index contributed by atoms with van der Waals surface area (Å²) in [5.41, 5.74) is 5.66. The maximum Gasteiger partial charge on any atom is 0.326 e. The van der Waals surface area contributed by atoms with Crippen LogP contribution in [0, 0.1) is 5.92 Å². The van der Waals surface area contributed by atoms with Crippen LogP contribution in [0.2, 0.25) is 0 Å². The van der Waals surface area contributed by atoms with E-state index in [9.17, 15) is 33.9 Å². The first-order valence-corrected chi connectivity index (χ1v) is 17.3. The number of aliphatic carboxylic acids is 2. The fourth-order valence-electron chi connectivity index (χ4n) is 5.34. The van der Waals surface area contributed by atoms with E-state index in [2.05, 4.69) is 10.6 Å². The molecule has 0 aliphatic heterocycles. The van der Waals surface area contributed by atoms with Crippen LogP contribution >= 0.6 is 0 Å². The van der Waals surface area contributed by atoms with Crippen molar-refractivity contribution in [3.05, 3.63) is 0 Å². The zero-order valence-corrected chi connectivity index (χ0v) is 27.8. The van der Waals surface area contributed by atoms with E-state index in [1.807, 2.05) is 0 Å². The van der Waals surface area contributed by atoms with E-state index in [1.54, 1.807) is 0 Å². The maximum atomic E-state index is 12.4. The molecule has 0 bridgehead atoms. The van der Waals surface area contributed by atoms with E-state index in [1.165, 1.54) is 26.2 Å². The van der Waals surface area contributed by atoms with E-state index in [0.717, 1.165) is 57.8 Å². The lowest BCUT2D eigenvalue weighted by Gasteiger charge is -2.15. The van der Waals surface area contributed by atoms with Crippen molar-refractivity contribution in [1.82, 2.24) is 10.6 Å². The van der Waals surface area contributed by atoms with Gasteiger partial charge < -0.3 is 31.4 Å². The minimum atomic E-state index is -1.16. The molecule has 0 spiro atoms. The normalized spacial score (nSPS) is 12.3. The number of Topliss-reactive ketones (excluding diaryl/α,β-unsaturated/α-hetero) is 2.